The molecule has 4 unspecified atom stereocenters. The minimum atomic E-state index is -1.58. The summed E-state index contributed by atoms with van der Waals surface area (Å²) in [7, 11) is 0. The molecule has 1 amide bonds. The van der Waals surface area contributed by atoms with Crippen molar-refractivity contribution in [3.8, 4) is 11.8 Å². The molecule has 5 rings (SSSR count). The molecule has 0 saturated heterocycles. The van der Waals surface area contributed by atoms with Gasteiger partial charge in [0.25, 0.3) is 5.91 Å². The van der Waals surface area contributed by atoms with Gasteiger partial charge in [0.1, 0.15) is 0 Å². The van der Waals surface area contributed by atoms with Gasteiger partial charge >= 0.3 is 0 Å². The zero-order chi connectivity index (χ0) is 25.4. The summed E-state index contributed by atoms with van der Waals surface area (Å²) in [6, 6.07) is 10.1. The summed E-state index contributed by atoms with van der Waals surface area (Å²) in [5.74, 6) is 2.96. The molecule has 2 aromatic carbocycles. The van der Waals surface area contributed by atoms with E-state index in [0.717, 1.165) is 41.9 Å². The molecule has 3 nitrogen and oxygen atoms in total. The van der Waals surface area contributed by atoms with E-state index >= 15 is 0 Å². The Kier molecular flexibility index (Phi) is 6.76. The molecule has 1 heterocycles. The molecular weight excluding hydrogens is 505 g/mol. The number of hydrogen-bond donors (Lipinski definition) is 1. The van der Waals surface area contributed by atoms with Crippen LogP contribution in [-0.4, -0.2) is 15.6 Å². The summed E-state index contributed by atoms with van der Waals surface area (Å²) in [6.07, 6.45) is 6.70. The molecule has 8 heteroatoms. The SMILES string of the molecule is CC1CCC2CC(C#Cc3ccncc3)C12Sc1cc(C(=O)Nc2cc(F)c(F)c(F)c2)ccc1Cl. The van der Waals surface area contributed by atoms with Gasteiger partial charge in [-0.05, 0) is 61.4 Å². The van der Waals surface area contributed by atoms with Crippen LogP contribution in [0, 0.1) is 47.0 Å². The third-order valence-electron chi connectivity index (χ3n) is 7.21. The van der Waals surface area contributed by atoms with Crippen molar-refractivity contribution in [3.05, 3.63) is 88.5 Å². The lowest BCUT2D eigenvalue weighted by atomic mass is 9.63. The number of amides is 1. The Labute approximate surface area is 216 Å². The van der Waals surface area contributed by atoms with Crippen LogP contribution in [0.2, 0.25) is 5.02 Å². The first-order chi connectivity index (χ1) is 17.3. The summed E-state index contributed by atoms with van der Waals surface area (Å²) in [5.41, 5.74) is 1.03. The van der Waals surface area contributed by atoms with Gasteiger partial charge in [-0.25, -0.2) is 13.2 Å². The van der Waals surface area contributed by atoms with Crippen LogP contribution in [-0.2, 0) is 0 Å². The van der Waals surface area contributed by atoms with Crippen molar-refractivity contribution in [2.24, 2.45) is 17.8 Å². The van der Waals surface area contributed by atoms with Crippen molar-refractivity contribution in [1.29, 1.82) is 0 Å². The summed E-state index contributed by atoms with van der Waals surface area (Å²) >= 11 is 8.24. The molecule has 0 bridgehead atoms. The fourth-order valence-corrected chi connectivity index (χ4v) is 7.28. The highest BCUT2D eigenvalue weighted by atomic mass is 35.5. The largest absolute Gasteiger partial charge is 0.322 e. The van der Waals surface area contributed by atoms with Crippen molar-refractivity contribution in [3.63, 3.8) is 0 Å². The van der Waals surface area contributed by atoms with Gasteiger partial charge in [0.15, 0.2) is 17.5 Å². The predicted molar refractivity (Wildman–Crippen MR) is 135 cm³/mol. The van der Waals surface area contributed by atoms with E-state index in [2.05, 4.69) is 29.1 Å². The van der Waals surface area contributed by atoms with E-state index in [-0.39, 0.29) is 21.9 Å². The van der Waals surface area contributed by atoms with Gasteiger partial charge in [0.05, 0.1) is 5.02 Å². The Hall–Kier alpha value is -2.95. The molecule has 184 valence electrons. The molecule has 1 aromatic heterocycles. The maximum atomic E-state index is 13.6. The molecule has 3 aromatic rings. The third-order valence-corrected chi connectivity index (χ3v) is 9.59. The van der Waals surface area contributed by atoms with Gasteiger partial charge in [-0.1, -0.05) is 30.4 Å². The molecular formula is C28H22ClF3N2OS. The second kappa shape index (κ2) is 9.84. The number of hydrogen-bond acceptors (Lipinski definition) is 3. The minimum absolute atomic E-state index is 0.109. The fourth-order valence-electron chi connectivity index (χ4n) is 5.32. The van der Waals surface area contributed by atoms with Gasteiger partial charge in [0, 0.05) is 56.9 Å². The molecule has 0 radical (unpaired) electrons. The number of fused-ring (bicyclic) bond motifs is 1. The van der Waals surface area contributed by atoms with Gasteiger partial charge in [0.2, 0.25) is 0 Å². The van der Waals surface area contributed by atoms with Crippen molar-refractivity contribution in [2.75, 3.05) is 5.32 Å². The molecule has 2 fully saturated rings. The molecule has 0 spiro atoms. The molecule has 36 heavy (non-hydrogen) atoms. The van der Waals surface area contributed by atoms with Crippen molar-refractivity contribution in [2.45, 2.75) is 35.8 Å². The maximum absolute atomic E-state index is 13.6. The number of carbonyl (C=O) groups is 1. The van der Waals surface area contributed by atoms with E-state index in [9.17, 15) is 18.0 Å². The number of pyridine rings is 1. The third kappa shape index (κ3) is 4.49. The fraction of sp³-hybridized carbons (Fsp3) is 0.286. The van der Waals surface area contributed by atoms with E-state index < -0.39 is 23.4 Å². The quantitative estimate of drug-likeness (QED) is 0.285. The maximum Gasteiger partial charge on any atom is 0.255 e. The Morgan fingerprint density at radius 1 is 1.11 bits per heavy atom. The Balaban J connectivity index is 1.40. The highest BCUT2D eigenvalue weighted by Crippen LogP contribution is 2.66. The Morgan fingerprint density at radius 2 is 1.83 bits per heavy atom. The van der Waals surface area contributed by atoms with E-state index in [1.165, 1.54) is 0 Å². The lowest BCUT2D eigenvalue weighted by molar-refractivity contribution is 0.102. The van der Waals surface area contributed by atoms with Gasteiger partial charge in [-0.15, -0.1) is 11.8 Å². The number of benzene rings is 2. The van der Waals surface area contributed by atoms with Crippen LogP contribution >= 0.6 is 23.4 Å². The second-order valence-corrected chi connectivity index (χ2v) is 11.0. The standard InChI is InChI=1S/C28H22ClF3N2OS/c1-16-2-5-19-13-20(6-3-17-8-10-33-11-9-17)28(16,19)36-25-12-18(4-7-22(25)29)27(35)34-21-14-23(30)26(32)24(31)15-21/h4,7-12,14-16,19-20H,2,5,13H2,1H3,(H,34,35). The van der Waals surface area contributed by atoms with E-state index in [1.54, 1.807) is 42.4 Å². The zero-order valence-electron chi connectivity index (χ0n) is 19.3. The van der Waals surface area contributed by atoms with Crippen molar-refractivity contribution in [1.82, 2.24) is 4.98 Å². The number of thioether (sulfide) groups is 1. The number of aromatic nitrogens is 1. The van der Waals surface area contributed by atoms with Crippen LogP contribution in [0.15, 0.2) is 59.8 Å². The summed E-state index contributed by atoms with van der Waals surface area (Å²) < 4.78 is 40.3. The Morgan fingerprint density at radius 3 is 2.53 bits per heavy atom. The van der Waals surface area contributed by atoms with Crippen molar-refractivity contribution < 1.29 is 18.0 Å². The normalized spacial score (nSPS) is 24.3. The summed E-state index contributed by atoms with van der Waals surface area (Å²) in [6.45, 7) is 2.25. The monoisotopic (exact) mass is 526 g/mol. The number of nitrogens with one attached hydrogen (secondary N) is 1. The van der Waals surface area contributed by atoms with Crippen LogP contribution in [0.4, 0.5) is 18.9 Å². The Bertz CT molecular complexity index is 1360. The number of rotatable bonds is 4. The lowest BCUT2D eigenvalue weighted by Crippen LogP contribution is -2.52. The van der Waals surface area contributed by atoms with Crippen LogP contribution in [0.1, 0.15) is 42.1 Å². The minimum Gasteiger partial charge on any atom is -0.322 e. The smallest absolute Gasteiger partial charge is 0.255 e. The highest BCUT2D eigenvalue weighted by Gasteiger charge is 2.61. The van der Waals surface area contributed by atoms with Gasteiger partial charge < -0.3 is 5.32 Å². The number of anilines is 1. The zero-order valence-corrected chi connectivity index (χ0v) is 20.9. The topological polar surface area (TPSA) is 42.0 Å². The van der Waals surface area contributed by atoms with Crippen molar-refractivity contribution >= 4 is 35.0 Å². The van der Waals surface area contributed by atoms with Crippen LogP contribution in [0.5, 0.6) is 0 Å². The lowest BCUT2D eigenvalue weighted by Gasteiger charge is -2.52. The van der Waals surface area contributed by atoms with E-state index in [0.29, 0.717) is 16.9 Å². The van der Waals surface area contributed by atoms with Crippen LogP contribution < -0.4 is 5.32 Å². The molecule has 2 aliphatic carbocycles. The molecule has 1 N–H and O–H groups in total. The molecule has 4 atom stereocenters. The average molecular weight is 527 g/mol. The molecule has 2 saturated carbocycles. The molecule has 2 aliphatic rings. The number of carbonyl (C=O) groups excluding carboxylic acids is 1. The summed E-state index contributed by atoms with van der Waals surface area (Å²) in [4.78, 5) is 17.6. The van der Waals surface area contributed by atoms with E-state index in [1.807, 2.05) is 12.1 Å². The number of halogens is 4. The van der Waals surface area contributed by atoms with Gasteiger partial charge in [-0.3, -0.25) is 9.78 Å². The van der Waals surface area contributed by atoms with Crippen LogP contribution in [0.25, 0.3) is 0 Å². The highest BCUT2D eigenvalue weighted by molar-refractivity contribution is 8.01. The first kappa shape index (κ1) is 24.7. The van der Waals surface area contributed by atoms with E-state index in [4.69, 9.17) is 11.6 Å². The summed E-state index contributed by atoms with van der Waals surface area (Å²) in [5, 5.41) is 2.95. The number of nitrogens with zero attached hydrogens (tertiary/aromatic N) is 1. The second-order valence-electron chi connectivity index (χ2n) is 9.28. The first-order valence-electron chi connectivity index (χ1n) is 11.6. The van der Waals surface area contributed by atoms with Gasteiger partial charge in [-0.2, -0.15) is 0 Å². The average Bonchev–Trinajstić information content (AvgIpc) is 3.09. The van der Waals surface area contributed by atoms with Crippen LogP contribution in [0.3, 0.4) is 0 Å². The predicted octanol–water partition coefficient (Wildman–Crippen LogP) is 7.35. The molecule has 0 aliphatic heterocycles. The first-order valence-corrected chi connectivity index (χ1v) is 12.8.